The maximum atomic E-state index is 12.9. The Hall–Kier alpha value is -2.19. The van der Waals surface area contributed by atoms with Crippen LogP contribution in [-0.4, -0.2) is 27.0 Å². The van der Waals surface area contributed by atoms with Crippen molar-refractivity contribution in [1.82, 2.24) is 4.72 Å². The lowest BCUT2D eigenvalue weighted by Crippen LogP contribution is -2.54. The topological polar surface area (TPSA) is 103 Å². The second kappa shape index (κ2) is 7.20. The fraction of sp³-hybridized carbons (Fsp3) is 0.444. The molecule has 26 heavy (non-hydrogen) atoms. The fourth-order valence-electron chi connectivity index (χ4n) is 3.41. The molecule has 0 bridgehead atoms. The molecule has 0 aliphatic heterocycles. The molecule has 0 amide bonds. The van der Waals surface area contributed by atoms with Crippen LogP contribution in [-0.2, 0) is 19.6 Å². The van der Waals surface area contributed by atoms with Crippen molar-refractivity contribution >= 4 is 27.0 Å². The first-order valence-corrected chi connectivity index (χ1v) is 10.0. The Morgan fingerprint density at radius 3 is 2.46 bits per heavy atom. The Bertz CT molecular complexity index is 971. The van der Waals surface area contributed by atoms with E-state index in [1.54, 1.807) is 0 Å². The van der Waals surface area contributed by atoms with E-state index in [1.165, 1.54) is 37.4 Å². The first-order chi connectivity index (χ1) is 12.4. The first-order valence-electron chi connectivity index (χ1n) is 8.53. The minimum absolute atomic E-state index is 0.00590. The van der Waals surface area contributed by atoms with Crippen molar-refractivity contribution in [2.75, 3.05) is 7.11 Å². The van der Waals surface area contributed by atoms with Crippen molar-refractivity contribution < 1.29 is 22.4 Å². The van der Waals surface area contributed by atoms with E-state index in [0.29, 0.717) is 23.8 Å². The molecular weight excluding hydrogens is 358 g/mol. The first kappa shape index (κ1) is 18.6. The van der Waals surface area contributed by atoms with Gasteiger partial charge < -0.3 is 9.15 Å². The molecule has 0 radical (unpaired) electrons. The van der Waals surface area contributed by atoms with E-state index in [9.17, 15) is 18.0 Å². The van der Waals surface area contributed by atoms with Crippen molar-refractivity contribution in [2.45, 2.75) is 49.0 Å². The summed E-state index contributed by atoms with van der Waals surface area (Å²) in [5, 5.41) is 0.487. The van der Waals surface area contributed by atoms with Crippen molar-refractivity contribution in [3.63, 3.8) is 0 Å². The fourth-order valence-corrected chi connectivity index (χ4v) is 4.86. The number of hydrogen-bond donors (Lipinski definition) is 1. The van der Waals surface area contributed by atoms with Gasteiger partial charge in [0.1, 0.15) is 11.1 Å². The van der Waals surface area contributed by atoms with E-state index in [4.69, 9.17) is 9.15 Å². The highest BCUT2D eigenvalue weighted by atomic mass is 32.2. The number of carbonyl (C=O) groups is 1. The molecule has 1 saturated carbocycles. The van der Waals surface area contributed by atoms with E-state index in [0.717, 1.165) is 25.7 Å². The van der Waals surface area contributed by atoms with Crippen LogP contribution in [0.25, 0.3) is 11.0 Å². The molecule has 3 rings (SSSR count). The maximum absolute atomic E-state index is 12.9. The van der Waals surface area contributed by atoms with Gasteiger partial charge in [-0.15, -0.1) is 0 Å². The molecule has 2 aromatic rings. The molecule has 0 unspecified atom stereocenters. The summed E-state index contributed by atoms with van der Waals surface area (Å²) < 4.78 is 38.4. The number of benzene rings is 1. The number of sulfonamides is 1. The van der Waals surface area contributed by atoms with Gasteiger partial charge in [0.05, 0.1) is 12.0 Å². The number of nitrogens with one attached hydrogen (secondary N) is 1. The Morgan fingerprint density at radius 2 is 1.81 bits per heavy atom. The molecule has 8 heteroatoms. The van der Waals surface area contributed by atoms with Crippen LogP contribution in [0.4, 0.5) is 0 Å². The third-order valence-electron chi connectivity index (χ3n) is 4.76. The summed E-state index contributed by atoms with van der Waals surface area (Å²) in [7, 11) is -2.70. The third kappa shape index (κ3) is 3.66. The second-order valence-electron chi connectivity index (χ2n) is 6.55. The number of esters is 1. The summed E-state index contributed by atoms with van der Waals surface area (Å²) in [6.45, 7) is 0. The average Bonchev–Trinajstić information content (AvgIpc) is 2.86. The number of fused-ring (bicyclic) bond motifs is 1. The molecule has 0 saturated heterocycles. The summed E-state index contributed by atoms with van der Waals surface area (Å²) in [5.74, 6) is -0.560. The van der Waals surface area contributed by atoms with E-state index < -0.39 is 27.2 Å². The zero-order chi connectivity index (χ0) is 18.8. The molecule has 7 nitrogen and oxygen atoms in total. The average molecular weight is 379 g/mol. The quantitative estimate of drug-likeness (QED) is 0.497. The highest BCUT2D eigenvalue weighted by Gasteiger charge is 2.43. The molecule has 1 heterocycles. The van der Waals surface area contributed by atoms with Gasteiger partial charge in [0.15, 0.2) is 0 Å². The van der Waals surface area contributed by atoms with Gasteiger partial charge in [-0.2, -0.15) is 4.72 Å². The van der Waals surface area contributed by atoms with Gasteiger partial charge >= 0.3 is 11.6 Å². The Morgan fingerprint density at radius 1 is 1.12 bits per heavy atom. The smallest absolute Gasteiger partial charge is 0.336 e. The highest BCUT2D eigenvalue weighted by molar-refractivity contribution is 7.89. The van der Waals surface area contributed by atoms with Gasteiger partial charge in [-0.25, -0.2) is 13.2 Å². The lowest BCUT2D eigenvalue weighted by Gasteiger charge is -2.30. The van der Waals surface area contributed by atoms with Crippen LogP contribution in [0.1, 0.15) is 38.5 Å². The van der Waals surface area contributed by atoms with Crippen LogP contribution in [0.3, 0.4) is 0 Å². The number of ether oxygens (including phenoxy) is 1. The third-order valence-corrected chi connectivity index (χ3v) is 6.30. The molecule has 1 aromatic carbocycles. The minimum atomic E-state index is -3.96. The molecule has 1 fully saturated rings. The largest absolute Gasteiger partial charge is 0.468 e. The molecule has 1 aliphatic carbocycles. The summed E-state index contributed by atoms with van der Waals surface area (Å²) in [6.07, 6.45) is 4.22. The summed E-state index contributed by atoms with van der Waals surface area (Å²) >= 11 is 0. The number of rotatable bonds is 4. The number of methoxy groups -OCH3 is 1. The Labute approximate surface area is 151 Å². The van der Waals surface area contributed by atoms with Crippen molar-refractivity contribution in [3.05, 3.63) is 40.8 Å². The van der Waals surface area contributed by atoms with E-state index in [2.05, 4.69) is 4.72 Å². The Balaban J connectivity index is 1.99. The van der Waals surface area contributed by atoms with Crippen molar-refractivity contribution in [1.29, 1.82) is 0 Å². The van der Waals surface area contributed by atoms with Crippen molar-refractivity contribution in [2.24, 2.45) is 0 Å². The van der Waals surface area contributed by atoms with E-state index >= 15 is 0 Å². The standard InChI is InChI=1S/C18H21NO6S/c1-24-17(21)18(10-4-2-3-5-11-18)19-26(22,23)14-7-8-15-13(12-14)6-9-16(20)25-15/h6-9,12,19H,2-5,10-11H2,1H3. The van der Waals surface area contributed by atoms with Crippen LogP contribution >= 0.6 is 0 Å². The molecule has 1 aromatic heterocycles. The van der Waals surface area contributed by atoms with Gasteiger partial charge in [-0.05, 0) is 37.1 Å². The maximum Gasteiger partial charge on any atom is 0.336 e. The number of hydrogen-bond acceptors (Lipinski definition) is 6. The lowest BCUT2D eigenvalue weighted by molar-refractivity contribution is -0.148. The van der Waals surface area contributed by atoms with Crippen molar-refractivity contribution in [3.8, 4) is 0 Å². The van der Waals surface area contributed by atoms with Gasteiger partial charge in [0.2, 0.25) is 10.0 Å². The lowest BCUT2D eigenvalue weighted by atomic mass is 9.92. The molecule has 1 aliphatic rings. The minimum Gasteiger partial charge on any atom is -0.468 e. The van der Waals surface area contributed by atoms with Crippen LogP contribution in [0.15, 0.2) is 44.4 Å². The molecule has 1 N–H and O–H groups in total. The second-order valence-corrected chi connectivity index (χ2v) is 8.23. The Kier molecular flexibility index (Phi) is 5.15. The summed E-state index contributed by atoms with van der Waals surface area (Å²) in [6, 6.07) is 6.94. The zero-order valence-corrected chi connectivity index (χ0v) is 15.3. The summed E-state index contributed by atoms with van der Waals surface area (Å²) in [5.41, 5.74) is -1.45. The van der Waals surface area contributed by atoms with Crippen LogP contribution in [0.2, 0.25) is 0 Å². The van der Waals surface area contributed by atoms with E-state index in [-0.39, 0.29) is 4.90 Å². The van der Waals surface area contributed by atoms with Crippen LogP contribution in [0, 0.1) is 0 Å². The molecular formula is C18H21NO6S. The molecule has 0 atom stereocenters. The molecule has 0 spiro atoms. The van der Waals surface area contributed by atoms with E-state index in [1.807, 2.05) is 0 Å². The van der Waals surface area contributed by atoms with Gasteiger partial charge in [0, 0.05) is 11.5 Å². The monoisotopic (exact) mass is 379 g/mol. The number of carbonyl (C=O) groups excluding carboxylic acids is 1. The normalized spacial score (nSPS) is 17.6. The van der Waals surface area contributed by atoms with Gasteiger partial charge in [0.25, 0.3) is 0 Å². The van der Waals surface area contributed by atoms with Crippen LogP contribution < -0.4 is 10.3 Å². The van der Waals surface area contributed by atoms with Crippen LogP contribution in [0.5, 0.6) is 0 Å². The van der Waals surface area contributed by atoms with Gasteiger partial charge in [-0.3, -0.25) is 4.79 Å². The van der Waals surface area contributed by atoms with Gasteiger partial charge in [-0.1, -0.05) is 25.7 Å². The predicted molar refractivity (Wildman–Crippen MR) is 95.3 cm³/mol. The SMILES string of the molecule is COC(=O)C1(NS(=O)(=O)c2ccc3oc(=O)ccc3c2)CCCCCC1. The summed E-state index contributed by atoms with van der Waals surface area (Å²) in [4.78, 5) is 23.7. The highest BCUT2D eigenvalue weighted by Crippen LogP contribution is 2.30. The molecule has 140 valence electrons. The predicted octanol–water partition coefficient (Wildman–Crippen LogP) is 2.34. The zero-order valence-electron chi connectivity index (χ0n) is 14.5.